The van der Waals surface area contributed by atoms with Gasteiger partial charge in [0.2, 0.25) is 0 Å². The third-order valence-corrected chi connectivity index (χ3v) is 8.02. The van der Waals surface area contributed by atoms with Gasteiger partial charge in [-0.3, -0.25) is 0 Å². The normalized spacial score (nSPS) is 46.9. The molecule has 0 spiro atoms. The molecule has 3 heteroatoms. The average molecular weight is 379 g/mol. The first-order chi connectivity index (χ1) is 13.2. The first-order valence-electron chi connectivity index (χ1n) is 12.1. The summed E-state index contributed by atoms with van der Waals surface area (Å²) in [5, 5.41) is 0. The van der Waals surface area contributed by atoms with Crippen LogP contribution in [-0.4, -0.2) is 31.7 Å². The number of rotatable bonds is 4. The van der Waals surface area contributed by atoms with Gasteiger partial charge in [0.15, 0.2) is 6.29 Å². The summed E-state index contributed by atoms with van der Waals surface area (Å²) < 4.78 is 18.4. The molecular formula is C24H42O3. The van der Waals surface area contributed by atoms with Crippen LogP contribution >= 0.6 is 0 Å². The van der Waals surface area contributed by atoms with Gasteiger partial charge in [0.05, 0.1) is 25.4 Å². The van der Waals surface area contributed by atoms with Gasteiger partial charge in [0.25, 0.3) is 0 Å². The van der Waals surface area contributed by atoms with Crippen LogP contribution in [0.3, 0.4) is 0 Å². The van der Waals surface area contributed by atoms with Crippen LogP contribution in [0.5, 0.6) is 0 Å². The molecule has 0 N–H and O–H groups in total. The molecule has 156 valence electrons. The van der Waals surface area contributed by atoms with Crippen molar-refractivity contribution >= 4 is 0 Å². The van der Waals surface area contributed by atoms with Gasteiger partial charge in [-0.05, 0) is 82.0 Å². The maximum atomic E-state index is 6.56. The Hall–Kier alpha value is -0.120. The Morgan fingerprint density at radius 2 is 0.963 bits per heavy atom. The Balaban J connectivity index is 1.13. The van der Waals surface area contributed by atoms with Crippen molar-refractivity contribution in [3.63, 3.8) is 0 Å². The molecule has 1 saturated heterocycles. The van der Waals surface area contributed by atoms with E-state index in [0.29, 0.717) is 24.0 Å². The monoisotopic (exact) mass is 378 g/mol. The van der Waals surface area contributed by atoms with Crippen LogP contribution < -0.4 is 0 Å². The molecule has 4 aliphatic rings. The molecule has 1 aliphatic heterocycles. The Bertz CT molecular complexity index is 381. The predicted octanol–water partition coefficient (Wildman–Crippen LogP) is 5.96. The van der Waals surface area contributed by atoms with Crippen molar-refractivity contribution < 1.29 is 14.2 Å². The summed E-state index contributed by atoms with van der Waals surface area (Å²) >= 11 is 0. The highest BCUT2D eigenvalue weighted by molar-refractivity contribution is 4.83. The summed E-state index contributed by atoms with van der Waals surface area (Å²) in [5.74, 6) is 4.13. The summed E-state index contributed by atoms with van der Waals surface area (Å²) in [4.78, 5) is 0. The highest BCUT2D eigenvalue weighted by Gasteiger charge is 2.34. The Kier molecular flexibility index (Phi) is 7.16. The highest BCUT2D eigenvalue weighted by atomic mass is 16.7. The highest BCUT2D eigenvalue weighted by Crippen LogP contribution is 2.41. The molecule has 0 atom stereocenters. The van der Waals surface area contributed by atoms with E-state index >= 15 is 0 Å². The predicted molar refractivity (Wildman–Crippen MR) is 109 cm³/mol. The lowest BCUT2D eigenvalue weighted by molar-refractivity contribution is -0.229. The van der Waals surface area contributed by atoms with Crippen LogP contribution in [0.4, 0.5) is 0 Å². The van der Waals surface area contributed by atoms with Crippen LogP contribution in [0.25, 0.3) is 0 Å². The lowest BCUT2D eigenvalue weighted by Crippen LogP contribution is -2.39. The van der Waals surface area contributed by atoms with E-state index in [-0.39, 0.29) is 6.29 Å². The first-order valence-corrected chi connectivity index (χ1v) is 12.1. The van der Waals surface area contributed by atoms with Gasteiger partial charge in [0, 0.05) is 11.8 Å². The molecule has 0 aromatic carbocycles. The largest absolute Gasteiger partial charge is 0.375 e. The van der Waals surface area contributed by atoms with Crippen LogP contribution in [0.2, 0.25) is 0 Å². The standard InChI is InChI=1S/C24H42O3/c1-17-3-5-19(6-4-17)20-7-11-22(12-8-20)27-23-13-9-21(10-14-23)24-25-15-18(2)16-26-24/h17-24H,3-16H2,1-2H3. The third kappa shape index (κ3) is 5.48. The zero-order valence-corrected chi connectivity index (χ0v) is 17.7. The van der Waals surface area contributed by atoms with Gasteiger partial charge in [-0.15, -0.1) is 0 Å². The van der Waals surface area contributed by atoms with Crippen molar-refractivity contribution in [1.82, 2.24) is 0 Å². The number of hydrogen-bond donors (Lipinski definition) is 0. The lowest BCUT2D eigenvalue weighted by Gasteiger charge is -2.40. The van der Waals surface area contributed by atoms with E-state index in [1.165, 1.54) is 77.0 Å². The summed E-state index contributed by atoms with van der Waals surface area (Å²) in [5.41, 5.74) is 0. The summed E-state index contributed by atoms with van der Waals surface area (Å²) in [6.45, 7) is 6.36. The summed E-state index contributed by atoms with van der Waals surface area (Å²) in [7, 11) is 0. The summed E-state index contributed by atoms with van der Waals surface area (Å²) in [6.07, 6.45) is 17.3. The molecule has 0 bridgehead atoms. The Labute approximate surface area is 166 Å². The van der Waals surface area contributed by atoms with Crippen molar-refractivity contribution in [2.75, 3.05) is 13.2 Å². The molecule has 4 rings (SSSR count). The van der Waals surface area contributed by atoms with E-state index < -0.39 is 0 Å². The lowest BCUT2D eigenvalue weighted by atomic mass is 9.71. The minimum atomic E-state index is 0.0517. The van der Waals surface area contributed by atoms with Gasteiger partial charge < -0.3 is 14.2 Å². The second-order valence-electron chi connectivity index (χ2n) is 10.4. The smallest absolute Gasteiger partial charge is 0.160 e. The van der Waals surface area contributed by atoms with E-state index in [2.05, 4.69) is 13.8 Å². The molecule has 1 heterocycles. The molecule has 3 nitrogen and oxygen atoms in total. The molecule has 0 unspecified atom stereocenters. The zero-order valence-electron chi connectivity index (χ0n) is 17.7. The van der Waals surface area contributed by atoms with E-state index in [9.17, 15) is 0 Å². The Morgan fingerprint density at radius 3 is 1.48 bits per heavy atom. The molecule has 0 amide bonds. The molecular weight excluding hydrogens is 336 g/mol. The fraction of sp³-hybridized carbons (Fsp3) is 1.00. The third-order valence-electron chi connectivity index (χ3n) is 8.02. The molecule has 0 aromatic rings. The van der Waals surface area contributed by atoms with E-state index in [4.69, 9.17) is 14.2 Å². The quantitative estimate of drug-likeness (QED) is 0.604. The molecule has 3 saturated carbocycles. The first kappa shape index (κ1) is 20.2. The van der Waals surface area contributed by atoms with E-state index in [1.54, 1.807) is 0 Å². The molecule has 3 aliphatic carbocycles. The molecule has 0 radical (unpaired) electrons. The average Bonchev–Trinajstić information content (AvgIpc) is 2.71. The minimum Gasteiger partial charge on any atom is -0.375 e. The maximum Gasteiger partial charge on any atom is 0.160 e. The van der Waals surface area contributed by atoms with Crippen LogP contribution in [-0.2, 0) is 14.2 Å². The number of ether oxygens (including phenoxy) is 3. The van der Waals surface area contributed by atoms with Gasteiger partial charge in [-0.1, -0.05) is 26.7 Å². The van der Waals surface area contributed by atoms with Crippen molar-refractivity contribution in [2.45, 2.75) is 109 Å². The van der Waals surface area contributed by atoms with Crippen molar-refractivity contribution in [3.8, 4) is 0 Å². The zero-order chi connectivity index (χ0) is 18.6. The fourth-order valence-corrected chi connectivity index (χ4v) is 6.11. The second kappa shape index (κ2) is 9.59. The fourth-order valence-electron chi connectivity index (χ4n) is 6.11. The van der Waals surface area contributed by atoms with Crippen molar-refractivity contribution in [1.29, 1.82) is 0 Å². The van der Waals surface area contributed by atoms with Crippen LogP contribution in [0.1, 0.15) is 90.9 Å². The second-order valence-corrected chi connectivity index (χ2v) is 10.4. The molecule has 4 fully saturated rings. The van der Waals surface area contributed by atoms with Gasteiger partial charge in [-0.25, -0.2) is 0 Å². The van der Waals surface area contributed by atoms with Gasteiger partial charge >= 0.3 is 0 Å². The van der Waals surface area contributed by atoms with Crippen LogP contribution in [0, 0.1) is 29.6 Å². The number of hydrogen-bond acceptors (Lipinski definition) is 3. The van der Waals surface area contributed by atoms with Crippen LogP contribution in [0.15, 0.2) is 0 Å². The SMILES string of the molecule is CC1CCC(C2CCC(OC3CCC(C4OCC(C)CO4)CC3)CC2)CC1. The molecule has 27 heavy (non-hydrogen) atoms. The molecule has 0 aromatic heterocycles. The van der Waals surface area contributed by atoms with Crippen molar-refractivity contribution in [3.05, 3.63) is 0 Å². The van der Waals surface area contributed by atoms with Crippen molar-refractivity contribution in [2.24, 2.45) is 29.6 Å². The minimum absolute atomic E-state index is 0.0517. The topological polar surface area (TPSA) is 27.7 Å². The van der Waals surface area contributed by atoms with Gasteiger partial charge in [-0.2, -0.15) is 0 Å². The maximum absolute atomic E-state index is 6.56. The van der Waals surface area contributed by atoms with E-state index in [1.807, 2.05) is 0 Å². The van der Waals surface area contributed by atoms with Gasteiger partial charge in [0.1, 0.15) is 0 Å². The Morgan fingerprint density at radius 1 is 0.519 bits per heavy atom. The van der Waals surface area contributed by atoms with E-state index in [0.717, 1.165) is 31.0 Å². The summed E-state index contributed by atoms with van der Waals surface area (Å²) in [6, 6.07) is 0.